The van der Waals surface area contributed by atoms with Crippen molar-refractivity contribution in [2.75, 3.05) is 27.2 Å². The number of amides is 1. The Morgan fingerprint density at radius 3 is 2.48 bits per heavy atom. The first-order chi connectivity index (χ1) is 10.6. The first kappa shape index (κ1) is 16.8. The number of hydrogen-bond donors (Lipinski definition) is 1. The quantitative estimate of drug-likeness (QED) is 0.917. The summed E-state index contributed by atoms with van der Waals surface area (Å²) in [5, 5.41) is 7.44. The number of likely N-dealkylation sites (tertiary alicyclic amines) is 1. The molecular weight excluding hydrogens is 312 g/mol. The third-order valence-corrected chi connectivity index (χ3v) is 5.66. The molecule has 4 rings (SSSR count). The van der Waals surface area contributed by atoms with Crippen molar-refractivity contribution < 1.29 is 4.79 Å². The fraction of sp³-hybridized carbons (Fsp3) is 0.765. The lowest BCUT2D eigenvalue weighted by molar-refractivity contribution is 0.0778. The molecule has 1 aromatic heterocycles. The van der Waals surface area contributed by atoms with Crippen LogP contribution in [0.4, 0.5) is 0 Å². The van der Waals surface area contributed by atoms with E-state index in [9.17, 15) is 4.79 Å². The average molecular weight is 339 g/mol. The number of nitrogens with zero attached hydrogens (tertiary/aromatic N) is 3. The van der Waals surface area contributed by atoms with Crippen LogP contribution in [0.15, 0.2) is 0 Å². The Morgan fingerprint density at radius 2 is 1.91 bits per heavy atom. The van der Waals surface area contributed by atoms with Gasteiger partial charge >= 0.3 is 0 Å². The number of aromatic amines is 1. The number of carbonyl (C=O) groups excluding carboxylic acids is 1. The van der Waals surface area contributed by atoms with Gasteiger partial charge in [-0.1, -0.05) is 0 Å². The van der Waals surface area contributed by atoms with Gasteiger partial charge in [-0.2, -0.15) is 5.10 Å². The zero-order valence-electron chi connectivity index (χ0n) is 14.2. The lowest BCUT2D eigenvalue weighted by Gasteiger charge is -2.24. The van der Waals surface area contributed by atoms with Crippen LogP contribution in [0.3, 0.4) is 0 Å². The molecule has 2 heterocycles. The summed E-state index contributed by atoms with van der Waals surface area (Å²) < 4.78 is 0. The highest BCUT2D eigenvalue weighted by Gasteiger charge is 2.45. The van der Waals surface area contributed by atoms with Crippen LogP contribution in [0.5, 0.6) is 0 Å². The SMILES string of the molecule is Cc1[nH]nc(C2CC2)c1C(=O)N1C[C@H](C2CC2)[C@@H](N(C)C)C1.Cl. The number of rotatable bonds is 4. The van der Waals surface area contributed by atoms with Gasteiger partial charge in [0.15, 0.2) is 0 Å². The van der Waals surface area contributed by atoms with Crippen LogP contribution >= 0.6 is 12.4 Å². The molecule has 0 unspecified atom stereocenters. The molecule has 5 nitrogen and oxygen atoms in total. The fourth-order valence-electron chi connectivity index (χ4n) is 4.04. The summed E-state index contributed by atoms with van der Waals surface area (Å²) in [6.07, 6.45) is 5.04. The van der Waals surface area contributed by atoms with Crippen molar-refractivity contribution in [1.82, 2.24) is 20.0 Å². The molecule has 1 amide bonds. The second kappa shape index (κ2) is 6.10. The van der Waals surface area contributed by atoms with Gasteiger partial charge in [-0.15, -0.1) is 12.4 Å². The maximum Gasteiger partial charge on any atom is 0.257 e. The van der Waals surface area contributed by atoms with Crippen LogP contribution in [0.25, 0.3) is 0 Å². The smallest absolute Gasteiger partial charge is 0.257 e. The van der Waals surface area contributed by atoms with E-state index in [1.807, 2.05) is 6.92 Å². The van der Waals surface area contributed by atoms with Crippen LogP contribution in [0, 0.1) is 18.8 Å². The molecule has 6 heteroatoms. The van der Waals surface area contributed by atoms with E-state index < -0.39 is 0 Å². The number of likely N-dealkylation sites (N-methyl/N-ethyl adjacent to an activating group) is 1. The predicted octanol–water partition coefficient (Wildman–Crippen LogP) is 2.43. The van der Waals surface area contributed by atoms with E-state index in [4.69, 9.17) is 0 Å². The third kappa shape index (κ3) is 3.01. The summed E-state index contributed by atoms with van der Waals surface area (Å²) in [6.45, 7) is 3.76. The van der Waals surface area contributed by atoms with Gasteiger partial charge in [-0.25, -0.2) is 0 Å². The van der Waals surface area contributed by atoms with E-state index in [1.54, 1.807) is 0 Å². The van der Waals surface area contributed by atoms with Crippen molar-refractivity contribution in [2.24, 2.45) is 11.8 Å². The number of H-pyrrole nitrogens is 1. The molecule has 23 heavy (non-hydrogen) atoms. The minimum Gasteiger partial charge on any atom is -0.337 e. The number of nitrogens with one attached hydrogen (secondary N) is 1. The Labute approximate surface area is 144 Å². The molecule has 3 fully saturated rings. The molecular formula is C17H27ClN4O. The van der Waals surface area contributed by atoms with Gasteiger partial charge in [0.25, 0.3) is 5.91 Å². The lowest BCUT2D eigenvalue weighted by atomic mass is 9.97. The van der Waals surface area contributed by atoms with Gasteiger partial charge in [0.1, 0.15) is 0 Å². The van der Waals surface area contributed by atoms with Crippen molar-refractivity contribution in [3.63, 3.8) is 0 Å². The first-order valence-electron chi connectivity index (χ1n) is 8.56. The molecule has 0 bridgehead atoms. The van der Waals surface area contributed by atoms with E-state index in [2.05, 4.69) is 34.1 Å². The van der Waals surface area contributed by atoms with Crippen molar-refractivity contribution in [3.05, 3.63) is 17.0 Å². The number of aromatic nitrogens is 2. The third-order valence-electron chi connectivity index (χ3n) is 5.66. The highest BCUT2D eigenvalue weighted by atomic mass is 35.5. The van der Waals surface area contributed by atoms with E-state index in [-0.39, 0.29) is 18.3 Å². The zero-order chi connectivity index (χ0) is 15.4. The average Bonchev–Trinajstić information content (AvgIpc) is 3.41. The second-order valence-electron chi connectivity index (χ2n) is 7.63. The molecule has 1 aromatic rings. The minimum atomic E-state index is 0. The number of aryl methyl sites for hydroxylation is 1. The summed E-state index contributed by atoms with van der Waals surface area (Å²) >= 11 is 0. The van der Waals surface area contributed by atoms with Crippen molar-refractivity contribution >= 4 is 18.3 Å². The standard InChI is InChI=1S/C17H26N4O.ClH/c1-10-15(16(19-18-10)12-6-7-12)17(22)21-8-13(11-4-5-11)14(9-21)20(2)3;/h11-14H,4-9H2,1-3H3,(H,18,19);1H/t13-,14+;/m1./s1. The van der Waals surface area contributed by atoms with Crippen LogP contribution in [-0.4, -0.2) is 59.1 Å². The molecule has 0 radical (unpaired) electrons. The molecule has 3 aliphatic rings. The van der Waals surface area contributed by atoms with Crippen molar-refractivity contribution in [1.29, 1.82) is 0 Å². The van der Waals surface area contributed by atoms with Crippen LogP contribution in [-0.2, 0) is 0 Å². The molecule has 0 spiro atoms. The summed E-state index contributed by atoms with van der Waals surface area (Å²) in [7, 11) is 4.29. The van der Waals surface area contributed by atoms with E-state index >= 15 is 0 Å². The topological polar surface area (TPSA) is 52.2 Å². The van der Waals surface area contributed by atoms with Gasteiger partial charge in [0.05, 0.1) is 11.3 Å². The summed E-state index contributed by atoms with van der Waals surface area (Å²) in [5.41, 5.74) is 2.80. The monoisotopic (exact) mass is 338 g/mol. The summed E-state index contributed by atoms with van der Waals surface area (Å²) in [6, 6.07) is 0.507. The molecule has 1 aliphatic heterocycles. The Hall–Kier alpha value is -1.07. The Balaban J connectivity index is 0.00000156. The summed E-state index contributed by atoms with van der Waals surface area (Å²) in [4.78, 5) is 17.5. The van der Waals surface area contributed by atoms with Crippen LogP contribution in [0.2, 0.25) is 0 Å². The Kier molecular flexibility index (Phi) is 4.45. The maximum atomic E-state index is 13.1. The van der Waals surface area contributed by atoms with E-state index in [0.717, 1.165) is 36.0 Å². The van der Waals surface area contributed by atoms with Gasteiger partial charge < -0.3 is 9.80 Å². The molecule has 1 N–H and O–H groups in total. The zero-order valence-corrected chi connectivity index (χ0v) is 15.0. The second-order valence-corrected chi connectivity index (χ2v) is 7.63. The van der Waals surface area contributed by atoms with E-state index in [0.29, 0.717) is 17.9 Å². The van der Waals surface area contributed by atoms with Crippen LogP contribution in [0.1, 0.15) is 53.3 Å². The first-order valence-corrected chi connectivity index (χ1v) is 8.56. The largest absolute Gasteiger partial charge is 0.337 e. The molecule has 1 saturated heterocycles. The van der Waals surface area contributed by atoms with Gasteiger partial charge in [0.2, 0.25) is 0 Å². The fourth-order valence-corrected chi connectivity index (χ4v) is 4.04. The number of halogens is 1. The molecule has 0 aromatic carbocycles. The van der Waals surface area contributed by atoms with Crippen LogP contribution < -0.4 is 0 Å². The Bertz CT molecular complexity index is 581. The van der Waals surface area contributed by atoms with Crippen molar-refractivity contribution in [2.45, 2.75) is 44.6 Å². The van der Waals surface area contributed by atoms with Crippen molar-refractivity contribution in [3.8, 4) is 0 Å². The molecule has 2 atom stereocenters. The summed E-state index contributed by atoms with van der Waals surface area (Å²) in [5.74, 6) is 2.19. The molecule has 2 saturated carbocycles. The molecule has 128 valence electrons. The van der Waals surface area contributed by atoms with Gasteiger partial charge in [0, 0.05) is 30.7 Å². The highest BCUT2D eigenvalue weighted by Crippen LogP contribution is 2.44. The number of carbonyl (C=O) groups is 1. The van der Waals surface area contributed by atoms with Gasteiger partial charge in [-0.3, -0.25) is 9.89 Å². The van der Waals surface area contributed by atoms with Gasteiger partial charge in [-0.05, 0) is 58.5 Å². The number of hydrogen-bond acceptors (Lipinski definition) is 3. The predicted molar refractivity (Wildman–Crippen MR) is 92.1 cm³/mol. The normalized spacial score (nSPS) is 27.4. The highest BCUT2D eigenvalue weighted by molar-refractivity contribution is 5.97. The minimum absolute atomic E-state index is 0. The Morgan fingerprint density at radius 1 is 1.22 bits per heavy atom. The maximum absolute atomic E-state index is 13.1. The van der Waals surface area contributed by atoms with E-state index in [1.165, 1.54) is 25.7 Å². The molecule has 2 aliphatic carbocycles. The lowest BCUT2D eigenvalue weighted by Crippen LogP contribution is -2.37.